The van der Waals surface area contributed by atoms with E-state index in [1.54, 1.807) is 11.8 Å². The lowest BCUT2D eigenvalue weighted by Gasteiger charge is -2.08. The first kappa shape index (κ1) is 12.3. The first-order chi connectivity index (χ1) is 9.36. The van der Waals surface area contributed by atoms with E-state index in [-0.39, 0.29) is 0 Å². The summed E-state index contributed by atoms with van der Waals surface area (Å²) in [6, 6.07) is 17.6. The van der Waals surface area contributed by atoms with Gasteiger partial charge >= 0.3 is 0 Å². The minimum Gasteiger partial charge on any atom is -0.130 e. The van der Waals surface area contributed by atoms with Gasteiger partial charge in [-0.3, -0.25) is 0 Å². The van der Waals surface area contributed by atoms with Gasteiger partial charge in [0.15, 0.2) is 0 Å². The Balaban J connectivity index is 1.85. The molecule has 0 saturated heterocycles. The molecule has 94 valence electrons. The van der Waals surface area contributed by atoms with Crippen LogP contribution in [0.3, 0.4) is 0 Å². The highest BCUT2D eigenvalue weighted by Crippen LogP contribution is 2.27. The zero-order valence-corrected chi connectivity index (χ0v) is 11.7. The molecule has 0 nitrogen and oxygen atoms in total. The Bertz CT molecular complexity index is 591. The van der Waals surface area contributed by atoms with Crippen molar-refractivity contribution in [2.45, 2.75) is 10.8 Å². The van der Waals surface area contributed by atoms with Gasteiger partial charge in [0.05, 0.1) is 0 Å². The summed E-state index contributed by atoms with van der Waals surface area (Å²) < 4.78 is 0. The van der Waals surface area contributed by atoms with E-state index < -0.39 is 0 Å². The predicted molar refractivity (Wildman–Crippen MR) is 84.7 cm³/mol. The van der Waals surface area contributed by atoms with E-state index in [1.807, 2.05) is 0 Å². The van der Waals surface area contributed by atoms with Gasteiger partial charge in [-0.05, 0) is 35.1 Å². The van der Waals surface area contributed by atoms with Crippen LogP contribution in [0.15, 0.2) is 77.7 Å². The molecule has 1 aliphatic carbocycles. The zero-order valence-electron chi connectivity index (χ0n) is 10.9. The second kappa shape index (κ2) is 5.50. The van der Waals surface area contributed by atoms with Crippen LogP contribution in [0.25, 0.3) is 11.1 Å². The molecule has 0 N–H and O–H groups in total. The van der Waals surface area contributed by atoms with Crippen molar-refractivity contribution in [1.82, 2.24) is 0 Å². The summed E-state index contributed by atoms with van der Waals surface area (Å²) in [6.45, 7) is 0. The molecule has 0 heterocycles. The van der Waals surface area contributed by atoms with Crippen LogP contribution < -0.4 is 0 Å². The van der Waals surface area contributed by atoms with Crippen molar-refractivity contribution in [3.05, 3.63) is 78.4 Å². The Morgan fingerprint density at radius 2 is 1.26 bits per heavy atom. The van der Waals surface area contributed by atoms with Gasteiger partial charge in [0.1, 0.15) is 0 Å². The highest BCUT2D eigenvalue weighted by Gasteiger charge is 2.06. The Morgan fingerprint density at radius 3 is 1.79 bits per heavy atom. The molecule has 2 aromatic carbocycles. The summed E-state index contributed by atoms with van der Waals surface area (Å²) in [5, 5.41) is 0. The van der Waals surface area contributed by atoms with Crippen LogP contribution in [0.4, 0.5) is 0 Å². The molecule has 0 fully saturated rings. The van der Waals surface area contributed by atoms with E-state index in [0.29, 0.717) is 5.92 Å². The van der Waals surface area contributed by atoms with E-state index in [0.717, 1.165) is 0 Å². The van der Waals surface area contributed by atoms with Gasteiger partial charge in [0, 0.05) is 10.8 Å². The van der Waals surface area contributed by atoms with Crippen LogP contribution in [0.5, 0.6) is 0 Å². The summed E-state index contributed by atoms with van der Waals surface area (Å²) in [4.78, 5) is 1.31. The van der Waals surface area contributed by atoms with Crippen molar-refractivity contribution in [2.24, 2.45) is 0 Å². The molecule has 3 rings (SSSR count). The molecule has 2 aromatic rings. The first-order valence-corrected chi connectivity index (χ1v) is 7.69. The summed E-state index contributed by atoms with van der Waals surface area (Å²) in [5.41, 5.74) is 3.92. The summed E-state index contributed by atoms with van der Waals surface area (Å²) in [7, 11) is 0. The van der Waals surface area contributed by atoms with Gasteiger partial charge < -0.3 is 0 Å². The Hall–Kier alpha value is -1.73. The molecule has 0 unspecified atom stereocenters. The number of benzene rings is 2. The monoisotopic (exact) mass is 264 g/mol. The van der Waals surface area contributed by atoms with E-state index >= 15 is 0 Å². The zero-order chi connectivity index (χ0) is 13.1. The third-order valence-electron chi connectivity index (χ3n) is 3.47. The van der Waals surface area contributed by atoms with Crippen molar-refractivity contribution >= 4 is 11.8 Å². The SMILES string of the molecule is CSc1ccc(-c2ccc(C3C=CC=C3)cc2)cc1. The number of rotatable bonds is 3. The fourth-order valence-electron chi connectivity index (χ4n) is 2.34. The third kappa shape index (κ3) is 2.66. The van der Waals surface area contributed by atoms with Crippen LogP contribution in [-0.2, 0) is 0 Å². The Morgan fingerprint density at radius 1 is 0.737 bits per heavy atom. The highest BCUT2D eigenvalue weighted by molar-refractivity contribution is 7.98. The quantitative estimate of drug-likeness (QED) is 0.679. The fraction of sp³-hybridized carbons (Fsp3) is 0.111. The normalized spacial score (nSPS) is 14.2. The maximum absolute atomic E-state index is 2.22. The van der Waals surface area contributed by atoms with E-state index in [4.69, 9.17) is 0 Å². The molecule has 1 aliphatic rings. The number of allylic oxidation sites excluding steroid dienone is 4. The summed E-state index contributed by atoms with van der Waals surface area (Å²) in [6.07, 6.45) is 10.8. The van der Waals surface area contributed by atoms with Crippen molar-refractivity contribution in [3.63, 3.8) is 0 Å². The topological polar surface area (TPSA) is 0 Å². The molecule has 0 radical (unpaired) electrons. The molecule has 0 atom stereocenters. The molecule has 0 amide bonds. The van der Waals surface area contributed by atoms with Crippen LogP contribution in [0, 0.1) is 0 Å². The maximum Gasteiger partial charge on any atom is 0.0204 e. The van der Waals surface area contributed by atoms with Gasteiger partial charge in [0.2, 0.25) is 0 Å². The molecule has 19 heavy (non-hydrogen) atoms. The van der Waals surface area contributed by atoms with Crippen LogP contribution in [-0.4, -0.2) is 6.26 Å². The average molecular weight is 264 g/mol. The molecule has 0 aliphatic heterocycles. The number of hydrogen-bond donors (Lipinski definition) is 0. The van der Waals surface area contributed by atoms with Crippen molar-refractivity contribution < 1.29 is 0 Å². The first-order valence-electron chi connectivity index (χ1n) is 6.46. The van der Waals surface area contributed by atoms with Crippen molar-refractivity contribution in [2.75, 3.05) is 6.26 Å². The lowest BCUT2D eigenvalue weighted by Crippen LogP contribution is -1.88. The molecular formula is C18H16S. The smallest absolute Gasteiger partial charge is 0.0204 e. The number of thioether (sulfide) groups is 1. The molecule has 0 aromatic heterocycles. The predicted octanol–water partition coefficient (Wildman–Crippen LogP) is 5.29. The number of hydrogen-bond acceptors (Lipinski definition) is 1. The summed E-state index contributed by atoms with van der Waals surface area (Å²) >= 11 is 1.78. The lowest BCUT2D eigenvalue weighted by atomic mass is 9.97. The largest absolute Gasteiger partial charge is 0.130 e. The Labute approximate surface area is 118 Å². The van der Waals surface area contributed by atoms with Gasteiger partial charge in [0.25, 0.3) is 0 Å². The average Bonchev–Trinajstić information content (AvgIpc) is 3.02. The van der Waals surface area contributed by atoms with Crippen LogP contribution in [0.1, 0.15) is 11.5 Å². The van der Waals surface area contributed by atoms with Crippen LogP contribution >= 0.6 is 11.8 Å². The highest BCUT2D eigenvalue weighted by atomic mass is 32.2. The molecule has 0 bridgehead atoms. The fourth-order valence-corrected chi connectivity index (χ4v) is 2.74. The maximum atomic E-state index is 2.22. The van der Waals surface area contributed by atoms with Gasteiger partial charge in [-0.2, -0.15) is 0 Å². The van der Waals surface area contributed by atoms with E-state index in [9.17, 15) is 0 Å². The van der Waals surface area contributed by atoms with Crippen molar-refractivity contribution in [1.29, 1.82) is 0 Å². The standard InChI is InChI=1S/C18H16S/c1-19-18-12-10-17(11-13-18)16-8-6-15(7-9-16)14-4-2-3-5-14/h2-14H,1H3. The molecule has 1 heteroatoms. The minimum absolute atomic E-state index is 0.452. The second-order valence-electron chi connectivity index (χ2n) is 4.65. The second-order valence-corrected chi connectivity index (χ2v) is 5.53. The summed E-state index contributed by atoms with van der Waals surface area (Å²) in [5.74, 6) is 0.452. The van der Waals surface area contributed by atoms with E-state index in [1.165, 1.54) is 21.6 Å². The van der Waals surface area contributed by atoms with Crippen molar-refractivity contribution in [3.8, 4) is 11.1 Å². The van der Waals surface area contributed by atoms with Gasteiger partial charge in [-0.1, -0.05) is 60.7 Å². The van der Waals surface area contributed by atoms with Crippen LogP contribution in [0.2, 0.25) is 0 Å². The Kier molecular flexibility index (Phi) is 3.56. The van der Waals surface area contributed by atoms with Gasteiger partial charge in [-0.15, -0.1) is 11.8 Å². The van der Waals surface area contributed by atoms with Gasteiger partial charge in [-0.25, -0.2) is 0 Å². The molecular weight excluding hydrogens is 248 g/mol. The molecule has 0 saturated carbocycles. The third-order valence-corrected chi connectivity index (χ3v) is 4.21. The van der Waals surface area contributed by atoms with E-state index in [2.05, 4.69) is 79.1 Å². The molecule has 0 spiro atoms. The lowest BCUT2D eigenvalue weighted by molar-refractivity contribution is 1.10. The minimum atomic E-state index is 0.452.